The van der Waals surface area contributed by atoms with Gasteiger partial charge in [-0.2, -0.15) is 4.91 Å². The summed E-state index contributed by atoms with van der Waals surface area (Å²) >= 11 is 0. The summed E-state index contributed by atoms with van der Waals surface area (Å²) in [5.74, 6) is -0.408. The maximum atomic E-state index is 11.1. The molecule has 0 radical (unpaired) electrons. The van der Waals surface area contributed by atoms with Crippen molar-refractivity contribution in [1.29, 1.82) is 0 Å². The average Bonchev–Trinajstić information content (AvgIpc) is 3.60. The van der Waals surface area contributed by atoms with Crippen molar-refractivity contribution in [3.63, 3.8) is 0 Å². The molecule has 0 bridgehead atoms. The fourth-order valence-corrected chi connectivity index (χ4v) is 7.54. The van der Waals surface area contributed by atoms with Crippen LogP contribution in [-0.2, 0) is 9.47 Å². The zero-order valence-corrected chi connectivity index (χ0v) is 30.8. The minimum Gasteiger partial charge on any atom is -0.344 e. The van der Waals surface area contributed by atoms with E-state index in [-0.39, 0.29) is 18.2 Å². The summed E-state index contributed by atoms with van der Waals surface area (Å²) in [5, 5.41) is 3.30. The highest BCUT2D eigenvalue weighted by molar-refractivity contribution is 4.96. The summed E-state index contributed by atoms with van der Waals surface area (Å²) < 4.78 is 13.2. The van der Waals surface area contributed by atoms with Gasteiger partial charge in [-0.25, -0.2) is 0 Å². The third-order valence-electron chi connectivity index (χ3n) is 10.5. The number of allylic oxidation sites excluding steroid dienone is 4. The summed E-state index contributed by atoms with van der Waals surface area (Å²) in [7, 11) is 0. The number of rotatable bonds is 33. The van der Waals surface area contributed by atoms with Crippen LogP contribution in [0.5, 0.6) is 0 Å². The van der Waals surface area contributed by atoms with Gasteiger partial charge >= 0.3 is 0 Å². The van der Waals surface area contributed by atoms with Gasteiger partial charge in [0.1, 0.15) is 0 Å². The van der Waals surface area contributed by atoms with E-state index >= 15 is 0 Å². The first kappa shape index (κ1) is 41.2. The molecule has 0 amide bonds. The molecule has 0 aromatic heterocycles. The highest BCUT2D eigenvalue weighted by Gasteiger charge is 2.51. The molecule has 1 saturated carbocycles. The highest BCUT2D eigenvalue weighted by atomic mass is 16.8. The summed E-state index contributed by atoms with van der Waals surface area (Å²) in [4.78, 5) is 11.1. The number of hydrogen-bond donors (Lipinski definition) is 0. The molecule has 1 saturated heterocycles. The van der Waals surface area contributed by atoms with Crippen molar-refractivity contribution in [2.75, 3.05) is 0 Å². The lowest BCUT2D eigenvalue weighted by atomic mass is 9.98. The minimum atomic E-state index is -0.408. The van der Waals surface area contributed by atoms with Gasteiger partial charge in [-0.05, 0) is 44.9 Å². The van der Waals surface area contributed by atoms with Crippen molar-refractivity contribution >= 4 is 0 Å². The zero-order valence-electron chi connectivity index (χ0n) is 30.8. The monoisotopic (exact) mass is 644 g/mol. The van der Waals surface area contributed by atoms with Crippen molar-refractivity contribution < 1.29 is 9.47 Å². The molecule has 0 N–H and O–H groups in total. The van der Waals surface area contributed by atoms with Crippen LogP contribution in [0.4, 0.5) is 0 Å². The molecule has 4 nitrogen and oxygen atoms in total. The Morgan fingerprint density at radius 2 is 0.848 bits per heavy atom. The fourth-order valence-electron chi connectivity index (χ4n) is 7.54. The molecule has 268 valence electrons. The topological polar surface area (TPSA) is 47.9 Å². The lowest BCUT2D eigenvalue weighted by Crippen LogP contribution is -2.32. The van der Waals surface area contributed by atoms with E-state index < -0.39 is 5.79 Å². The number of ether oxygens (including phenoxy) is 2. The van der Waals surface area contributed by atoms with E-state index in [9.17, 15) is 4.91 Å². The molecule has 1 aliphatic carbocycles. The zero-order chi connectivity index (χ0) is 32.8. The van der Waals surface area contributed by atoms with Crippen molar-refractivity contribution in [2.24, 2.45) is 5.18 Å². The maximum absolute atomic E-state index is 11.1. The van der Waals surface area contributed by atoms with Crippen molar-refractivity contribution in [3.05, 3.63) is 29.2 Å². The lowest BCUT2D eigenvalue weighted by Gasteiger charge is -2.29. The molecule has 2 unspecified atom stereocenters. The van der Waals surface area contributed by atoms with Gasteiger partial charge in [-0.3, -0.25) is 0 Å². The van der Waals surface area contributed by atoms with Crippen LogP contribution in [0.3, 0.4) is 0 Å². The molecular formula is C42H77NO3. The first-order valence-electron chi connectivity index (χ1n) is 20.7. The molecule has 4 heteroatoms. The van der Waals surface area contributed by atoms with Crippen LogP contribution >= 0.6 is 0 Å². The number of nitroso groups, excluding NO2 is 1. The Kier molecular flexibility index (Phi) is 25.9. The second kappa shape index (κ2) is 29.0. The largest absolute Gasteiger partial charge is 0.344 e. The van der Waals surface area contributed by atoms with E-state index in [0.29, 0.717) is 0 Å². The fraction of sp³-hybridized carbons (Fsp3) is 0.905. The van der Waals surface area contributed by atoms with Crippen LogP contribution in [0.15, 0.2) is 29.5 Å². The van der Waals surface area contributed by atoms with Crippen LogP contribution < -0.4 is 0 Å². The number of unbranched alkanes of at least 4 members (excludes halogenated alkanes) is 24. The summed E-state index contributed by atoms with van der Waals surface area (Å²) in [5.41, 5.74) is 0. The first-order chi connectivity index (χ1) is 22.7. The van der Waals surface area contributed by atoms with Crippen molar-refractivity contribution in [1.82, 2.24) is 0 Å². The van der Waals surface area contributed by atoms with Crippen LogP contribution in [0.2, 0.25) is 0 Å². The van der Waals surface area contributed by atoms with E-state index in [1.54, 1.807) is 0 Å². The van der Waals surface area contributed by atoms with Gasteiger partial charge in [0.05, 0.1) is 18.2 Å². The summed E-state index contributed by atoms with van der Waals surface area (Å²) in [6, 6.07) is -0.120. The molecule has 0 aromatic carbocycles. The van der Waals surface area contributed by atoms with E-state index in [1.807, 2.05) is 0 Å². The predicted octanol–water partition coefficient (Wildman–Crippen LogP) is 14.3. The second-order valence-corrected chi connectivity index (χ2v) is 14.8. The molecule has 0 spiro atoms. The molecular weight excluding hydrogens is 566 g/mol. The van der Waals surface area contributed by atoms with Gasteiger partial charge < -0.3 is 9.47 Å². The van der Waals surface area contributed by atoms with E-state index in [1.165, 1.54) is 173 Å². The molecule has 1 heterocycles. The Balaban J connectivity index is 1.49. The molecule has 2 aliphatic rings. The summed E-state index contributed by atoms with van der Waals surface area (Å²) in [6.45, 7) is 4.56. The van der Waals surface area contributed by atoms with Crippen LogP contribution in [-0.4, -0.2) is 24.0 Å². The van der Waals surface area contributed by atoms with Gasteiger partial charge in [0, 0.05) is 25.7 Å². The van der Waals surface area contributed by atoms with Gasteiger partial charge in [-0.1, -0.05) is 178 Å². The molecule has 2 rings (SSSR count). The Labute approximate surface area is 286 Å². The van der Waals surface area contributed by atoms with Gasteiger partial charge in [0.15, 0.2) is 5.79 Å². The second-order valence-electron chi connectivity index (χ2n) is 14.8. The molecule has 2 fully saturated rings. The quantitative estimate of drug-likeness (QED) is 0.0406. The number of hydrogen-bond acceptors (Lipinski definition) is 4. The van der Waals surface area contributed by atoms with Crippen LogP contribution in [0.25, 0.3) is 0 Å². The normalized spacial score (nSPS) is 22.9. The van der Waals surface area contributed by atoms with Gasteiger partial charge in [0.25, 0.3) is 0 Å². The average molecular weight is 644 g/mol. The van der Waals surface area contributed by atoms with E-state index in [2.05, 4.69) is 43.3 Å². The molecule has 0 aromatic rings. The van der Waals surface area contributed by atoms with Crippen molar-refractivity contribution in [2.45, 2.75) is 243 Å². The third-order valence-corrected chi connectivity index (χ3v) is 10.5. The van der Waals surface area contributed by atoms with Crippen LogP contribution in [0, 0.1) is 4.91 Å². The first-order valence-corrected chi connectivity index (χ1v) is 20.7. The standard InChI is InChI=1S/C42H77NO3/c1-3-5-7-9-11-13-15-17-19-21-23-25-27-29-31-33-35-42(45-40-37-39(43-44)38-41(40)46-42)36-34-32-30-28-26-24-22-20-18-16-14-12-10-8-6-4-2/h11,13,17,19,39-41H,3-10,12,14-16,18,20-38H2,1-2H3/b13-11-,19-17-/t39?,40-,41+,42?. The summed E-state index contributed by atoms with van der Waals surface area (Å²) in [6.07, 6.45) is 50.6. The van der Waals surface area contributed by atoms with Gasteiger partial charge in [-0.15, -0.1) is 0 Å². The smallest absolute Gasteiger partial charge is 0.169 e. The van der Waals surface area contributed by atoms with E-state index in [0.717, 1.165) is 32.1 Å². The SMILES string of the molecule is CCCCC/C=C\C/C=C\CCCCCCCCC1(CCCCCCCCCCCCCCCCCC)O[C@H]2CC(N=O)C[C@H]2O1. The van der Waals surface area contributed by atoms with E-state index in [4.69, 9.17) is 9.47 Å². The van der Waals surface area contributed by atoms with Gasteiger partial charge in [0.2, 0.25) is 0 Å². The number of nitrogens with zero attached hydrogens (tertiary/aromatic N) is 1. The Hall–Kier alpha value is -1.00. The Morgan fingerprint density at radius 1 is 0.500 bits per heavy atom. The minimum absolute atomic E-state index is 0.0772. The molecule has 4 atom stereocenters. The third kappa shape index (κ3) is 20.4. The predicted molar refractivity (Wildman–Crippen MR) is 199 cm³/mol. The molecule has 46 heavy (non-hydrogen) atoms. The highest BCUT2D eigenvalue weighted by Crippen LogP contribution is 2.44. The van der Waals surface area contributed by atoms with Crippen LogP contribution in [0.1, 0.15) is 219 Å². The molecule has 1 aliphatic heterocycles. The lowest BCUT2D eigenvalue weighted by molar-refractivity contribution is -0.191. The Bertz CT molecular complexity index is 735. The number of fused-ring (bicyclic) bond motifs is 1. The maximum Gasteiger partial charge on any atom is 0.169 e. The Morgan fingerprint density at radius 3 is 1.26 bits per heavy atom. The van der Waals surface area contributed by atoms with Crippen molar-refractivity contribution in [3.8, 4) is 0 Å².